The zero-order valence-electron chi connectivity index (χ0n) is 7.73. The summed E-state index contributed by atoms with van der Waals surface area (Å²) in [5.41, 5.74) is 0. The number of rotatable bonds is 3. The fourth-order valence-electron chi connectivity index (χ4n) is 1.35. The number of nitrogens with one attached hydrogen (secondary N) is 1. The lowest BCUT2D eigenvalue weighted by Gasteiger charge is -2.22. The molecule has 1 N–H and O–H groups in total. The largest absolute Gasteiger partial charge is 0.377 e. The monoisotopic (exact) mass is 167 g/mol. The molecule has 1 atom stereocenters. The van der Waals surface area contributed by atoms with E-state index in [2.05, 4.69) is 17.2 Å². The van der Waals surface area contributed by atoms with Gasteiger partial charge in [-0.3, -0.25) is 0 Å². The quantitative estimate of drug-likeness (QED) is 0.503. The minimum atomic E-state index is 0.428. The first-order chi connectivity index (χ1) is 5.93. The minimum absolute atomic E-state index is 0.428. The first-order valence-electron chi connectivity index (χ1n) is 4.65. The zero-order valence-corrected chi connectivity index (χ0v) is 7.73. The SMILES string of the molecule is CC#CCNCC1CCCCO1. The molecule has 1 rings (SSSR count). The normalized spacial score (nSPS) is 22.9. The Kier molecular flexibility index (Phi) is 4.82. The molecule has 1 heterocycles. The Balaban J connectivity index is 2.00. The van der Waals surface area contributed by atoms with E-state index in [0.29, 0.717) is 6.10 Å². The molecular weight excluding hydrogens is 150 g/mol. The van der Waals surface area contributed by atoms with Crippen molar-refractivity contribution < 1.29 is 4.74 Å². The molecule has 12 heavy (non-hydrogen) atoms. The second-order valence-electron chi connectivity index (χ2n) is 3.05. The van der Waals surface area contributed by atoms with Gasteiger partial charge in [0.2, 0.25) is 0 Å². The van der Waals surface area contributed by atoms with E-state index in [9.17, 15) is 0 Å². The number of ether oxygens (including phenoxy) is 1. The van der Waals surface area contributed by atoms with Crippen LogP contribution in [-0.2, 0) is 4.74 Å². The fraction of sp³-hybridized carbons (Fsp3) is 0.800. The highest BCUT2D eigenvalue weighted by Crippen LogP contribution is 2.11. The smallest absolute Gasteiger partial charge is 0.0699 e. The summed E-state index contributed by atoms with van der Waals surface area (Å²) in [5, 5.41) is 3.26. The van der Waals surface area contributed by atoms with Crippen molar-refractivity contribution in [2.24, 2.45) is 0 Å². The van der Waals surface area contributed by atoms with Crippen molar-refractivity contribution in [2.75, 3.05) is 19.7 Å². The van der Waals surface area contributed by atoms with Crippen LogP contribution in [-0.4, -0.2) is 25.8 Å². The van der Waals surface area contributed by atoms with Gasteiger partial charge in [-0.25, -0.2) is 0 Å². The van der Waals surface area contributed by atoms with Crippen molar-refractivity contribution >= 4 is 0 Å². The molecule has 1 unspecified atom stereocenters. The first-order valence-corrected chi connectivity index (χ1v) is 4.65. The Morgan fingerprint density at radius 3 is 3.08 bits per heavy atom. The van der Waals surface area contributed by atoms with Crippen LogP contribution in [0.15, 0.2) is 0 Å². The lowest BCUT2D eigenvalue weighted by atomic mass is 10.1. The van der Waals surface area contributed by atoms with Crippen LogP contribution < -0.4 is 5.32 Å². The third kappa shape index (κ3) is 3.75. The molecule has 1 aliphatic rings. The van der Waals surface area contributed by atoms with Crippen LogP contribution in [0.2, 0.25) is 0 Å². The highest BCUT2D eigenvalue weighted by molar-refractivity contribution is 4.97. The summed E-state index contributed by atoms with van der Waals surface area (Å²) >= 11 is 0. The van der Waals surface area contributed by atoms with Gasteiger partial charge in [0.1, 0.15) is 0 Å². The molecular formula is C10H17NO. The van der Waals surface area contributed by atoms with Gasteiger partial charge in [0.25, 0.3) is 0 Å². The molecule has 2 heteroatoms. The third-order valence-corrected chi connectivity index (χ3v) is 2.04. The van der Waals surface area contributed by atoms with Gasteiger partial charge in [-0.1, -0.05) is 5.92 Å². The van der Waals surface area contributed by atoms with E-state index in [1.54, 1.807) is 0 Å². The summed E-state index contributed by atoms with van der Waals surface area (Å²) in [7, 11) is 0. The molecule has 0 radical (unpaired) electrons. The van der Waals surface area contributed by atoms with E-state index in [0.717, 1.165) is 19.7 Å². The van der Waals surface area contributed by atoms with Gasteiger partial charge < -0.3 is 10.1 Å². The van der Waals surface area contributed by atoms with Crippen molar-refractivity contribution in [1.82, 2.24) is 5.32 Å². The molecule has 0 aromatic rings. The summed E-state index contributed by atoms with van der Waals surface area (Å²) in [6, 6.07) is 0. The summed E-state index contributed by atoms with van der Waals surface area (Å²) in [6.07, 6.45) is 4.17. The van der Waals surface area contributed by atoms with E-state index in [4.69, 9.17) is 4.74 Å². The summed E-state index contributed by atoms with van der Waals surface area (Å²) in [4.78, 5) is 0. The standard InChI is InChI=1S/C10H17NO/c1-2-3-7-11-9-10-6-4-5-8-12-10/h10-11H,4-9H2,1H3. The molecule has 1 saturated heterocycles. The van der Waals surface area contributed by atoms with Gasteiger partial charge >= 0.3 is 0 Å². The van der Waals surface area contributed by atoms with Gasteiger partial charge in [-0.15, -0.1) is 5.92 Å². The van der Waals surface area contributed by atoms with Gasteiger partial charge in [-0.05, 0) is 26.2 Å². The maximum absolute atomic E-state index is 5.55. The summed E-state index contributed by atoms with van der Waals surface area (Å²) in [5.74, 6) is 5.82. The topological polar surface area (TPSA) is 21.3 Å². The summed E-state index contributed by atoms with van der Waals surface area (Å²) < 4.78 is 5.55. The molecule has 2 nitrogen and oxygen atoms in total. The molecule has 0 amide bonds. The Labute approximate surface area is 74.7 Å². The Bertz CT molecular complexity index is 162. The van der Waals surface area contributed by atoms with Crippen molar-refractivity contribution in [2.45, 2.75) is 32.3 Å². The predicted octanol–water partition coefficient (Wildman–Crippen LogP) is 1.17. The van der Waals surface area contributed by atoms with Gasteiger partial charge in [-0.2, -0.15) is 0 Å². The molecule has 0 spiro atoms. The Morgan fingerprint density at radius 2 is 2.42 bits per heavy atom. The van der Waals surface area contributed by atoms with Gasteiger partial charge in [0.15, 0.2) is 0 Å². The van der Waals surface area contributed by atoms with Crippen LogP contribution >= 0.6 is 0 Å². The van der Waals surface area contributed by atoms with E-state index in [1.165, 1.54) is 19.3 Å². The third-order valence-electron chi connectivity index (χ3n) is 2.04. The average molecular weight is 167 g/mol. The maximum atomic E-state index is 5.55. The average Bonchev–Trinajstić information content (AvgIpc) is 2.14. The molecule has 68 valence electrons. The molecule has 0 bridgehead atoms. The molecule has 1 aliphatic heterocycles. The van der Waals surface area contributed by atoms with Crippen molar-refractivity contribution in [3.63, 3.8) is 0 Å². The molecule has 0 aromatic heterocycles. The Hall–Kier alpha value is -0.520. The molecule has 0 saturated carbocycles. The second-order valence-corrected chi connectivity index (χ2v) is 3.05. The van der Waals surface area contributed by atoms with Gasteiger partial charge in [0, 0.05) is 13.2 Å². The van der Waals surface area contributed by atoms with Crippen LogP contribution in [0, 0.1) is 11.8 Å². The second kappa shape index (κ2) is 6.05. The lowest BCUT2D eigenvalue weighted by Crippen LogP contribution is -2.31. The van der Waals surface area contributed by atoms with Crippen LogP contribution in [0.1, 0.15) is 26.2 Å². The minimum Gasteiger partial charge on any atom is -0.377 e. The Morgan fingerprint density at radius 1 is 1.50 bits per heavy atom. The van der Waals surface area contributed by atoms with Crippen molar-refractivity contribution in [3.05, 3.63) is 0 Å². The zero-order chi connectivity index (χ0) is 8.65. The first kappa shape index (κ1) is 9.57. The maximum Gasteiger partial charge on any atom is 0.0699 e. The van der Waals surface area contributed by atoms with Crippen LogP contribution in [0.25, 0.3) is 0 Å². The number of hydrogen-bond acceptors (Lipinski definition) is 2. The number of hydrogen-bond donors (Lipinski definition) is 1. The van der Waals surface area contributed by atoms with Gasteiger partial charge in [0.05, 0.1) is 12.6 Å². The summed E-state index contributed by atoms with van der Waals surface area (Å²) in [6.45, 7) is 4.54. The molecule has 0 aliphatic carbocycles. The molecule has 1 fully saturated rings. The fourth-order valence-corrected chi connectivity index (χ4v) is 1.35. The van der Waals surface area contributed by atoms with Crippen LogP contribution in [0.4, 0.5) is 0 Å². The van der Waals surface area contributed by atoms with Crippen LogP contribution in [0.3, 0.4) is 0 Å². The predicted molar refractivity (Wildman–Crippen MR) is 49.9 cm³/mol. The van der Waals surface area contributed by atoms with Crippen LogP contribution in [0.5, 0.6) is 0 Å². The lowest BCUT2D eigenvalue weighted by molar-refractivity contribution is 0.0176. The highest BCUT2D eigenvalue weighted by atomic mass is 16.5. The van der Waals surface area contributed by atoms with E-state index in [-0.39, 0.29) is 0 Å². The van der Waals surface area contributed by atoms with E-state index < -0.39 is 0 Å². The van der Waals surface area contributed by atoms with E-state index >= 15 is 0 Å². The van der Waals surface area contributed by atoms with Crippen molar-refractivity contribution in [3.8, 4) is 11.8 Å². The van der Waals surface area contributed by atoms with Crippen molar-refractivity contribution in [1.29, 1.82) is 0 Å². The highest BCUT2D eigenvalue weighted by Gasteiger charge is 2.12. The van der Waals surface area contributed by atoms with E-state index in [1.807, 2.05) is 6.92 Å². The molecule has 0 aromatic carbocycles.